The Bertz CT molecular complexity index is 695. The van der Waals surface area contributed by atoms with Gasteiger partial charge in [-0.2, -0.15) is 5.26 Å². The van der Waals surface area contributed by atoms with Crippen molar-refractivity contribution < 1.29 is 4.42 Å². The van der Waals surface area contributed by atoms with Gasteiger partial charge in [0.1, 0.15) is 6.07 Å². The van der Waals surface area contributed by atoms with Gasteiger partial charge in [-0.05, 0) is 37.2 Å². The van der Waals surface area contributed by atoms with Crippen LogP contribution in [0, 0.1) is 11.3 Å². The van der Waals surface area contributed by atoms with Gasteiger partial charge in [-0.25, -0.2) is 4.98 Å². The Morgan fingerprint density at radius 3 is 2.59 bits per heavy atom. The molecule has 2 aromatic rings. The van der Waals surface area contributed by atoms with Crippen molar-refractivity contribution in [3.8, 4) is 6.07 Å². The van der Waals surface area contributed by atoms with Crippen molar-refractivity contribution in [2.45, 2.75) is 37.5 Å². The van der Waals surface area contributed by atoms with Crippen LogP contribution in [0.3, 0.4) is 0 Å². The summed E-state index contributed by atoms with van der Waals surface area (Å²) in [5.41, 5.74) is 1.79. The number of rotatable bonds is 3. The highest BCUT2D eigenvalue weighted by atomic mass is 16.4. The molecular formula is C18H19N3O. The molecule has 1 aromatic heterocycles. The minimum atomic E-state index is 0.327. The molecule has 2 heterocycles. The number of aromatic nitrogens is 1. The summed E-state index contributed by atoms with van der Waals surface area (Å²) in [4.78, 5) is 6.65. The molecule has 0 radical (unpaired) electrons. The Labute approximate surface area is 130 Å². The molecule has 4 nitrogen and oxygen atoms in total. The summed E-state index contributed by atoms with van der Waals surface area (Å²) in [6, 6.07) is 12.7. The van der Waals surface area contributed by atoms with E-state index in [9.17, 15) is 5.26 Å². The van der Waals surface area contributed by atoms with Crippen molar-refractivity contribution >= 4 is 5.88 Å². The Morgan fingerprint density at radius 2 is 1.86 bits per heavy atom. The summed E-state index contributed by atoms with van der Waals surface area (Å²) >= 11 is 0. The second kappa shape index (κ2) is 5.49. The molecule has 112 valence electrons. The van der Waals surface area contributed by atoms with Crippen LogP contribution >= 0.6 is 0 Å². The molecule has 0 spiro atoms. The van der Waals surface area contributed by atoms with E-state index in [1.807, 2.05) is 6.07 Å². The van der Waals surface area contributed by atoms with Crippen LogP contribution in [-0.2, 0) is 0 Å². The molecule has 1 aliphatic heterocycles. The zero-order valence-electron chi connectivity index (χ0n) is 12.5. The molecule has 2 atom stereocenters. The lowest BCUT2D eigenvalue weighted by atomic mass is 10.1. The quantitative estimate of drug-likeness (QED) is 0.863. The molecule has 1 aliphatic carbocycles. The molecule has 4 heteroatoms. The number of nitrogens with zero attached hydrogens (tertiary/aromatic N) is 3. The number of nitriles is 1. The normalized spacial score (nSPS) is 24.0. The molecule has 0 bridgehead atoms. The highest BCUT2D eigenvalue weighted by molar-refractivity contribution is 5.49. The second-order valence-electron chi connectivity index (χ2n) is 6.22. The third-order valence-electron chi connectivity index (χ3n) is 4.71. The number of hydrogen-bond acceptors (Lipinski definition) is 4. The third-order valence-corrected chi connectivity index (χ3v) is 4.71. The summed E-state index contributed by atoms with van der Waals surface area (Å²) in [7, 11) is 0. The fourth-order valence-corrected chi connectivity index (χ4v) is 3.41. The van der Waals surface area contributed by atoms with E-state index in [-0.39, 0.29) is 0 Å². The average Bonchev–Trinajstić information content (AvgIpc) is 3.28. The van der Waals surface area contributed by atoms with Crippen molar-refractivity contribution in [1.82, 2.24) is 4.98 Å². The molecule has 1 saturated carbocycles. The Hall–Kier alpha value is -2.28. The van der Waals surface area contributed by atoms with E-state index < -0.39 is 0 Å². The van der Waals surface area contributed by atoms with Gasteiger partial charge in [-0.1, -0.05) is 30.3 Å². The molecule has 1 saturated heterocycles. The van der Waals surface area contributed by atoms with Crippen LogP contribution in [-0.4, -0.2) is 18.1 Å². The maximum Gasteiger partial charge on any atom is 0.234 e. The maximum atomic E-state index is 9.35. The molecule has 4 rings (SSSR count). The summed E-state index contributed by atoms with van der Waals surface area (Å²) in [6.45, 7) is 1.94. The van der Waals surface area contributed by atoms with E-state index >= 15 is 0 Å². The van der Waals surface area contributed by atoms with Crippen molar-refractivity contribution in [1.29, 1.82) is 5.26 Å². The fourth-order valence-electron chi connectivity index (χ4n) is 3.41. The molecular weight excluding hydrogens is 274 g/mol. The summed E-state index contributed by atoms with van der Waals surface area (Å²) < 4.78 is 6.01. The zero-order valence-corrected chi connectivity index (χ0v) is 12.5. The van der Waals surface area contributed by atoms with Crippen molar-refractivity contribution in [2.24, 2.45) is 0 Å². The SMILES string of the molecule is N#Cc1nc([C@@H]2C[C@H]2c2ccccc2)oc1N1CCCCC1. The molecule has 0 N–H and O–H groups in total. The number of piperidine rings is 1. The van der Waals surface area contributed by atoms with E-state index in [4.69, 9.17) is 4.42 Å². The van der Waals surface area contributed by atoms with Crippen LogP contribution in [0.5, 0.6) is 0 Å². The third kappa shape index (κ3) is 2.37. The molecule has 1 aromatic carbocycles. The van der Waals surface area contributed by atoms with Crippen LogP contribution < -0.4 is 4.90 Å². The van der Waals surface area contributed by atoms with Gasteiger partial charge < -0.3 is 9.32 Å². The van der Waals surface area contributed by atoms with Gasteiger partial charge in [0.05, 0.1) is 0 Å². The number of oxazole rings is 1. The number of hydrogen-bond donors (Lipinski definition) is 0. The van der Waals surface area contributed by atoms with Crippen molar-refractivity contribution in [3.05, 3.63) is 47.5 Å². The second-order valence-corrected chi connectivity index (χ2v) is 6.22. The molecule has 2 fully saturated rings. The summed E-state index contributed by atoms with van der Waals surface area (Å²) in [6.07, 6.45) is 4.65. The van der Waals surface area contributed by atoms with Crippen molar-refractivity contribution in [3.63, 3.8) is 0 Å². The van der Waals surface area contributed by atoms with Gasteiger partial charge in [0, 0.05) is 19.0 Å². The Morgan fingerprint density at radius 1 is 1.09 bits per heavy atom. The summed E-state index contributed by atoms with van der Waals surface area (Å²) in [5.74, 6) is 2.25. The molecule has 0 amide bonds. The molecule has 2 aliphatic rings. The fraction of sp³-hybridized carbons (Fsp3) is 0.444. The first-order chi connectivity index (χ1) is 10.9. The predicted molar refractivity (Wildman–Crippen MR) is 83.8 cm³/mol. The first kappa shape index (κ1) is 13.4. The lowest BCUT2D eigenvalue weighted by Crippen LogP contribution is -2.29. The van der Waals surface area contributed by atoms with E-state index in [2.05, 4.69) is 40.2 Å². The van der Waals surface area contributed by atoms with Crippen LogP contribution in [0.15, 0.2) is 34.7 Å². The van der Waals surface area contributed by atoms with E-state index in [1.54, 1.807) is 0 Å². The minimum absolute atomic E-state index is 0.327. The highest BCUT2D eigenvalue weighted by Gasteiger charge is 2.44. The number of benzene rings is 1. The predicted octanol–water partition coefficient (Wildman–Crippen LogP) is 3.81. The first-order valence-corrected chi connectivity index (χ1v) is 8.07. The van der Waals surface area contributed by atoms with Gasteiger partial charge in [0.25, 0.3) is 0 Å². The van der Waals surface area contributed by atoms with Crippen LogP contribution in [0.1, 0.15) is 54.7 Å². The maximum absolute atomic E-state index is 9.35. The van der Waals surface area contributed by atoms with E-state index in [0.29, 0.717) is 23.4 Å². The number of anilines is 1. The van der Waals surface area contributed by atoms with E-state index in [1.165, 1.54) is 12.0 Å². The molecule has 0 unspecified atom stereocenters. The van der Waals surface area contributed by atoms with Gasteiger partial charge in [-0.15, -0.1) is 0 Å². The standard InChI is InChI=1S/C18H19N3O/c19-12-16-18(21-9-5-2-6-10-21)22-17(20-16)15-11-14(15)13-7-3-1-4-8-13/h1,3-4,7-8,14-15H,2,5-6,9-11H2/t14-,15+/m0/s1. The topological polar surface area (TPSA) is 53.1 Å². The Balaban J connectivity index is 1.57. The van der Waals surface area contributed by atoms with Gasteiger partial charge in [0.15, 0.2) is 0 Å². The average molecular weight is 293 g/mol. The zero-order chi connectivity index (χ0) is 14.9. The largest absolute Gasteiger partial charge is 0.423 e. The molecule has 22 heavy (non-hydrogen) atoms. The highest BCUT2D eigenvalue weighted by Crippen LogP contribution is 2.54. The van der Waals surface area contributed by atoms with E-state index in [0.717, 1.165) is 38.2 Å². The summed E-state index contributed by atoms with van der Waals surface area (Å²) in [5, 5.41) is 9.35. The lowest BCUT2D eigenvalue weighted by molar-refractivity contribution is 0.463. The van der Waals surface area contributed by atoms with Gasteiger partial charge >= 0.3 is 0 Å². The minimum Gasteiger partial charge on any atom is -0.423 e. The van der Waals surface area contributed by atoms with Crippen molar-refractivity contribution in [2.75, 3.05) is 18.0 Å². The monoisotopic (exact) mass is 293 g/mol. The smallest absolute Gasteiger partial charge is 0.234 e. The van der Waals surface area contributed by atoms with Crippen LogP contribution in [0.2, 0.25) is 0 Å². The Kier molecular flexibility index (Phi) is 3.34. The van der Waals surface area contributed by atoms with Gasteiger partial charge in [-0.3, -0.25) is 0 Å². The first-order valence-electron chi connectivity index (χ1n) is 8.07. The van der Waals surface area contributed by atoms with Crippen LogP contribution in [0.4, 0.5) is 5.88 Å². The van der Waals surface area contributed by atoms with Gasteiger partial charge in [0.2, 0.25) is 17.5 Å². The van der Waals surface area contributed by atoms with Crippen LogP contribution in [0.25, 0.3) is 0 Å². The lowest BCUT2D eigenvalue weighted by Gasteiger charge is -2.25.